The molecule has 0 aliphatic carbocycles. The second-order valence-electron chi connectivity index (χ2n) is 4.30. The molecule has 0 heterocycles. The van der Waals surface area contributed by atoms with Crippen LogP contribution < -0.4 is 0 Å². The first-order valence-electron chi connectivity index (χ1n) is 5.46. The van der Waals surface area contributed by atoms with Gasteiger partial charge in [-0.3, -0.25) is 0 Å². The largest absolute Gasteiger partial charge is 0.303 e. The second kappa shape index (κ2) is 6.29. The number of likely N-dealkylation sites (N-methyl/N-ethyl adjacent to an activating group) is 1. The molecule has 84 valence electrons. The number of hydrogen-bond donors (Lipinski definition) is 0. The standard InChI is InChI=1S/C13H20BrN/c1-11(2)15(3)10-13(9-14)12-7-5-4-6-8-12/h4-8,11,13H,9-10H2,1-3H3. The highest BCUT2D eigenvalue weighted by Crippen LogP contribution is 2.19. The van der Waals surface area contributed by atoms with Crippen LogP contribution in [0.15, 0.2) is 30.3 Å². The monoisotopic (exact) mass is 269 g/mol. The molecule has 0 fully saturated rings. The van der Waals surface area contributed by atoms with Crippen molar-refractivity contribution >= 4 is 15.9 Å². The van der Waals surface area contributed by atoms with Gasteiger partial charge in [0.1, 0.15) is 0 Å². The Balaban J connectivity index is 2.65. The fourth-order valence-electron chi connectivity index (χ4n) is 1.53. The van der Waals surface area contributed by atoms with Gasteiger partial charge in [-0.2, -0.15) is 0 Å². The van der Waals surface area contributed by atoms with Gasteiger partial charge in [-0.25, -0.2) is 0 Å². The highest BCUT2D eigenvalue weighted by atomic mass is 79.9. The average Bonchev–Trinajstić information content (AvgIpc) is 2.26. The summed E-state index contributed by atoms with van der Waals surface area (Å²) in [5.74, 6) is 0.582. The van der Waals surface area contributed by atoms with E-state index in [1.54, 1.807) is 0 Å². The van der Waals surface area contributed by atoms with Crippen LogP contribution in [0.1, 0.15) is 25.3 Å². The molecule has 2 heteroatoms. The molecule has 0 aromatic heterocycles. The molecule has 0 amide bonds. The van der Waals surface area contributed by atoms with Gasteiger partial charge >= 0.3 is 0 Å². The number of hydrogen-bond acceptors (Lipinski definition) is 1. The van der Waals surface area contributed by atoms with E-state index < -0.39 is 0 Å². The maximum absolute atomic E-state index is 3.60. The van der Waals surface area contributed by atoms with E-state index in [0.29, 0.717) is 12.0 Å². The molecule has 1 nitrogen and oxygen atoms in total. The van der Waals surface area contributed by atoms with E-state index in [0.717, 1.165) is 11.9 Å². The molecular weight excluding hydrogens is 250 g/mol. The summed E-state index contributed by atoms with van der Waals surface area (Å²) in [6.07, 6.45) is 0. The minimum atomic E-state index is 0.582. The van der Waals surface area contributed by atoms with Crippen LogP contribution in [0, 0.1) is 0 Å². The van der Waals surface area contributed by atoms with Crippen LogP contribution in [0.3, 0.4) is 0 Å². The van der Waals surface area contributed by atoms with Crippen LogP contribution >= 0.6 is 15.9 Å². The highest BCUT2D eigenvalue weighted by molar-refractivity contribution is 9.09. The fraction of sp³-hybridized carbons (Fsp3) is 0.538. The van der Waals surface area contributed by atoms with Crippen LogP contribution in [0.4, 0.5) is 0 Å². The third-order valence-electron chi connectivity index (χ3n) is 2.85. The lowest BCUT2D eigenvalue weighted by Gasteiger charge is -2.26. The molecule has 1 aromatic rings. The number of rotatable bonds is 5. The van der Waals surface area contributed by atoms with E-state index in [4.69, 9.17) is 0 Å². The Bertz CT molecular complexity index is 271. The quantitative estimate of drug-likeness (QED) is 0.740. The summed E-state index contributed by atoms with van der Waals surface area (Å²) in [7, 11) is 2.18. The Labute approximate surface area is 102 Å². The molecular formula is C13H20BrN. The molecule has 0 saturated heterocycles. The van der Waals surface area contributed by atoms with E-state index >= 15 is 0 Å². The molecule has 1 atom stereocenters. The summed E-state index contributed by atoms with van der Waals surface area (Å²) < 4.78 is 0. The lowest BCUT2D eigenvalue weighted by Crippen LogP contribution is -2.31. The van der Waals surface area contributed by atoms with E-state index in [9.17, 15) is 0 Å². The molecule has 1 unspecified atom stereocenters. The predicted octanol–water partition coefficient (Wildman–Crippen LogP) is 3.51. The van der Waals surface area contributed by atoms with Gasteiger partial charge in [-0.15, -0.1) is 0 Å². The number of nitrogens with zero attached hydrogens (tertiary/aromatic N) is 1. The van der Waals surface area contributed by atoms with Crippen LogP contribution in [0.2, 0.25) is 0 Å². The van der Waals surface area contributed by atoms with Crippen molar-refractivity contribution in [1.29, 1.82) is 0 Å². The number of benzene rings is 1. The smallest absolute Gasteiger partial charge is 0.0112 e. The first kappa shape index (κ1) is 12.7. The first-order valence-corrected chi connectivity index (χ1v) is 6.58. The molecule has 0 aliphatic heterocycles. The number of halogens is 1. The predicted molar refractivity (Wildman–Crippen MR) is 70.7 cm³/mol. The molecule has 15 heavy (non-hydrogen) atoms. The van der Waals surface area contributed by atoms with Gasteiger partial charge in [-0.1, -0.05) is 46.3 Å². The molecule has 1 aromatic carbocycles. The van der Waals surface area contributed by atoms with Crippen molar-refractivity contribution in [1.82, 2.24) is 4.90 Å². The van der Waals surface area contributed by atoms with Gasteiger partial charge < -0.3 is 4.90 Å². The van der Waals surface area contributed by atoms with Gasteiger partial charge in [0, 0.05) is 23.8 Å². The summed E-state index contributed by atoms with van der Waals surface area (Å²) in [6, 6.07) is 11.3. The normalized spacial score (nSPS) is 13.5. The van der Waals surface area contributed by atoms with Crippen molar-refractivity contribution in [3.05, 3.63) is 35.9 Å². The van der Waals surface area contributed by atoms with Crippen molar-refractivity contribution in [2.24, 2.45) is 0 Å². The highest BCUT2D eigenvalue weighted by Gasteiger charge is 2.13. The van der Waals surface area contributed by atoms with Crippen molar-refractivity contribution in [2.75, 3.05) is 18.9 Å². The molecule has 0 N–H and O–H groups in total. The van der Waals surface area contributed by atoms with Crippen LogP contribution in [0.25, 0.3) is 0 Å². The van der Waals surface area contributed by atoms with Crippen molar-refractivity contribution < 1.29 is 0 Å². The van der Waals surface area contributed by atoms with Gasteiger partial charge in [0.15, 0.2) is 0 Å². The third-order valence-corrected chi connectivity index (χ3v) is 3.63. The summed E-state index contributed by atoms with van der Waals surface area (Å²) in [4.78, 5) is 2.39. The molecule has 0 spiro atoms. The zero-order valence-electron chi connectivity index (χ0n) is 9.78. The molecule has 0 radical (unpaired) electrons. The zero-order chi connectivity index (χ0) is 11.3. The summed E-state index contributed by atoms with van der Waals surface area (Å²) in [5.41, 5.74) is 1.42. The Morgan fingerprint density at radius 1 is 1.20 bits per heavy atom. The molecule has 0 aliphatic rings. The van der Waals surface area contributed by atoms with E-state index in [1.165, 1.54) is 5.56 Å². The lowest BCUT2D eigenvalue weighted by atomic mass is 10.0. The van der Waals surface area contributed by atoms with Crippen molar-refractivity contribution in [3.8, 4) is 0 Å². The molecule has 0 saturated carbocycles. The van der Waals surface area contributed by atoms with E-state index in [-0.39, 0.29) is 0 Å². The average molecular weight is 270 g/mol. The zero-order valence-corrected chi connectivity index (χ0v) is 11.4. The Hall–Kier alpha value is -0.340. The lowest BCUT2D eigenvalue weighted by molar-refractivity contribution is 0.262. The van der Waals surface area contributed by atoms with Crippen molar-refractivity contribution in [3.63, 3.8) is 0 Å². The van der Waals surface area contributed by atoms with Gasteiger partial charge in [0.05, 0.1) is 0 Å². The summed E-state index contributed by atoms with van der Waals surface area (Å²) in [5, 5.41) is 1.02. The topological polar surface area (TPSA) is 3.24 Å². The van der Waals surface area contributed by atoms with Gasteiger partial charge in [-0.05, 0) is 26.5 Å². The molecule has 0 bridgehead atoms. The third kappa shape index (κ3) is 3.96. The summed E-state index contributed by atoms with van der Waals surface area (Å²) in [6.45, 7) is 5.57. The van der Waals surface area contributed by atoms with Crippen LogP contribution in [-0.2, 0) is 0 Å². The van der Waals surface area contributed by atoms with E-state index in [1.807, 2.05) is 0 Å². The minimum absolute atomic E-state index is 0.582. The van der Waals surface area contributed by atoms with Crippen LogP contribution in [-0.4, -0.2) is 29.9 Å². The van der Waals surface area contributed by atoms with Gasteiger partial charge in [0.2, 0.25) is 0 Å². The Kier molecular flexibility index (Phi) is 5.34. The fourth-order valence-corrected chi connectivity index (χ4v) is 2.11. The number of alkyl halides is 1. The first-order chi connectivity index (χ1) is 7.15. The van der Waals surface area contributed by atoms with E-state index in [2.05, 4.69) is 72.1 Å². The van der Waals surface area contributed by atoms with Crippen LogP contribution in [0.5, 0.6) is 0 Å². The Morgan fingerprint density at radius 3 is 2.27 bits per heavy atom. The maximum atomic E-state index is 3.60. The van der Waals surface area contributed by atoms with Gasteiger partial charge in [0.25, 0.3) is 0 Å². The van der Waals surface area contributed by atoms with Crippen molar-refractivity contribution in [2.45, 2.75) is 25.8 Å². The Morgan fingerprint density at radius 2 is 1.80 bits per heavy atom. The SMILES string of the molecule is CC(C)N(C)CC(CBr)c1ccccc1. The molecule has 1 rings (SSSR count). The second-order valence-corrected chi connectivity index (χ2v) is 4.94. The maximum Gasteiger partial charge on any atom is 0.0112 e. The summed E-state index contributed by atoms with van der Waals surface area (Å²) >= 11 is 3.60. The minimum Gasteiger partial charge on any atom is -0.303 e.